The lowest BCUT2D eigenvalue weighted by Gasteiger charge is -2.01. The lowest BCUT2D eigenvalue weighted by atomic mass is 10.5. The zero-order valence-corrected chi connectivity index (χ0v) is 9.36. The Hall–Kier alpha value is -2.35. The monoisotopic (exact) mass is 248 g/mol. The maximum absolute atomic E-state index is 11.6. The highest BCUT2D eigenvalue weighted by Crippen LogP contribution is 2.23. The Bertz CT molecular complexity index is 741. The minimum Gasteiger partial charge on any atom is -0.369 e. The Labute approximate surface area is 98.7 Å². The fraction of sp³-hybridized carbons (Fsp3) is 0. The molecule has 3 rings (SSSR count). The second kappa shape index (κ2) is 3.32. The van der Waals surface area contributed by atoms with Crippen LogP contribution >= 0.6 is 11.3 Å². The Kier molecular flexibility index (Phi) is 1.92. The number of hydrogen-bond acceptors (Lipinski definition) is 6. The number of anilines is 2. The molecule has 3 heterocycles. The molecular weight excluding hydrogens is 240 g/mol. The normalized spacial score (nSPS) is 11.1. The van der Waals surface area contributed by atoms with Crippen LogP contribution in [0.5, 0.6) is 0 Å². The first-order valence-corrected chi connectivity index (χ1v) is 5.62. The number of imidazole rings is 1. The van der Waals surface area contributed by atoms with Crippen LogP contribution in [0.4, 0.5) is 11.9 Å². The first-order chi connectivity index (χ1) is 8.16. The maximum atomic E-state index is 11.6. The molecule has 0 amide bonds. The third-order valence-corrected chi connectivity index (χ3v) is 3.14. The van der Waals surface area contributed by atoms with Gasteiger partial charge in [0, 0.05) is 0 Å². The topological polar surface area (TPSA) is 116 Å². The number of H-pyrrole nitrogens is 1. The molecule has 0 radical (unpaired) electrons. The summed E-state index contributed by atoms with van der Waals surface area (Å²) >= 11 is 1.47. The summed E-state index contributed by atoms with van der Waals surface area (Å²) < 4.78 is 1.60. The van der Waals surface area contributed by atoms with Crippen molar-refractivity contribution in [3.8, 4) is 5.00 Å². The van der Waals surface area contributed by atoms with Gasteiger partial charge < -0.3 is 11.5 Å². The smallest absolute Gasteiger partial charge is 0.280 e. The van der Waals surface area contributed by atoms with Gasteiger partial charge in [-0.25, -0.2) is 4.98 Å². The molecule has 0 aliphatic heterocycles. The molecule has 3 aromatic heterocycles. The van der Waals surface area contributed by atoms with E-state index >= 15 is 0 Å². The summed E-state index contributed by atoms with van der Waals surface area (Å²) in [4.78, 5) is 22.1. The summed E-state index contributed by atoms with van der Waals surface area (Å²) in [6.07, 6.45) is 0. The molecule has 17 heavy (non-hydrogen) atoms. The van der Waals surface area contributed by atoms with Crippen LogP contribution in [0.3, 0.4) is 0 Å². The van der Waals surface area contributed by atoms with E-state index in [1.165, 1.54) is 11.3 Å². The second-order valence-corrected chi connectivity index (χ2v) is 4.31. The van der Waals surface area contributed by atoms with Gasteiger partial charge in [0.25, 0.3) is 5.56 Å². The van der Waals surface area contributed by atoms with Gasteiger partial charge in [-0.05, 0) is 17.5 Å². The number of aromatic nitrogens is 4. The fourth-order valence-corrected chi connectivity index (χ4v) is 2.36. The van der Waals surface area contributed by atoms with Crippen LogP contribution in [0.2, 0.25) is 0 Å². The van der Waals surface area contributed by atoms with Gasteiger partial charge in [-0.3, -0.25) is 14.3 Å². The number of aromatic amines is 1. The first-order valence-electron chi connectivity index (χ1n) is 4.74. The largest absolute Gasteiger partial charge is 0.369 e. The molecule has 5 N–H and O–H groups in total. The fourth-order valence-electron chi connectivity index (χ4n) is 1.62. The molecule has 0 spiro atoms. The van der Waals surface area contributed by atoms with E-state index in [-0.39, 0.29) is 17.4 Å². The number of fused-ring (bicyclic) bond motifs is 1. The molecular formula is C9H8N6OS. The number of nitrogen functional groups attached to an aromatic ring is 2. The van der Waals surface area contributed by atoms with E-state index < -0.39 is 5.56 Å². The molecule has 0 aromatic carbocycles. The standard InChI is InChI=1S/C9H8N6OS/c10-8-13-6-5(7(16)14-8)12-9(11)15(6)4-2-1-3-17-4/h1-3H,(H2,11,12)(H3,10,13,14,16). The molecule has 0 saturated carbocycles. The van der Waals surface area contributed by atoms with Crippen molar-refractivity contribution in [2.75, 3.05) is 11.5 Å². The molecule has 0 atom stereocenters. The zero-order valence-electron chi connectivity index (χ0n) is 8.54. The highest BCUT2D eigenvalue weighted by Gasteiger charge is 2.15. The van der Waals surface area contributed by atoms with Crippen LogP contribution in [0.1, 0.15) is 0 Å². The lowest BCUT2D eigenvalue weighted by Crippen LogP contribution is -2.11. The van der Waals surface area contributed by atoms with Crippen LogP contribution in [0, 0.1) is 0 Å². The summed E-state index contributed by atoms with van der Waals surface area (Å²) in [5.74, 6) is 0.256. The van der Waals surface area contributed by atoms with Crippen molar-refractivity contribution in [1.29, 1.82) is 0 Å². The number of nitrogens with two attached hydrogens (primary N) is 2. The van der Waals surface area contributed by atoms with E-state index in [9.17, 15) is 4.79 Å². The van der Waals surface area contributed by atoms with Crippen LogP contribution in [0.25, 0.3) is 16.2 Å². The van der Waals surface area contributed by atoms with E-state index in [4.69, 9.17) is 11.5 Å². The number of hydrogen-bond donors (Lipinski definition) is 3. The van der Waals surface area contributed by atoms with Gasteiger partial charge >= 0.3 is 0 Å². The number of thiophene rings is 1. The summed E-state index contributed by atoms with van der Waals surface area (Å²) in [6, 6.07) is 3.74. The average Bonchev–Trinajstić information content (AvgIpc) is 2.84. The number of rotatable bonds is 1. The third kappa shape index (κ3) is 1.38. The van der Waals surface area contributed by atoms with E-state index in [1.54, 1.807) is 4.57 Å². The van der Waals surface area contributed by atoms with Crippen LogP contribution in [-0.4, -0.2) is 19.5 Å². The van der Waals surface area contributed by atoms with E-state index in [0.29, 0.717) is 5.65 Å². The minimum absolute atomic E-state index is 0.0419. The highest BCUT2D eigenvalue weighted by atomic mass is 32.1. The number of nitrogens with one attached hydrogen (secondary N) is 1. The Balaban J connectivity index is 2.46. The second-order valence-electron chi connectivity index (χ2n) is 3.38. The quantitative estimate of drug-likeness (QED) is 0.574. The predicted octanol–water partition coefficient (Wildman–Crippen LogP) is 0.335. The Morgan fingerprint density at radius 1 is 1.35 bits per heavy atom. The molecule has 86 valence electrons. The highest BCUT2D eigenvalue weighted by molar-refractivity contribution is 7.12. The maximum Gasteiger partial charge on any atom is 0.280 e. The summed E-state index contributed by atoms with van der Waals surface area (Å²) in [5, 5.41) is 2.74. The molecule has 0 saturated heterocycles. The van der Waals surface area contributed by atoms with Gasteiger partial charge in [-0.2, -0.15) is 4.98 Å². The Morgan fingerprint density at radius 2 is 2.18 bits per heavy atom. The van der Waals surface area contributed by atoms with Crippen molar-refractivity contribution in [1.82, 2.24) is 19.5 Å². The summed E-state index contributed by atoms with van der Waals surface area (Å²) in [5.41, 5.74) is 11.5. The minimum atomic E-state index is -0.394. The van der Waals surface area contributed by atoms with E-state index in [2.05, 4.69) is 15.0 Å². The molecule has 7 nitrogen and oxygen atoms in total. The molecule has 8 heteroatoms. The first kappa shape index (κ1) is 9.85. The van der Waals surface area contributed by atoms with Gasteiger partial charge in [0.1, 0.15) is 5.00 Å². The molecule has 0 aliphatic rings. The molecule has 0 unspecified atom stereocenters. The predicted molar refractivity (Wildman–Crippen MR) is 66.2 cm³/mol. The molecule has 0 fully saturated rings. The zero-order chi connectivity index (χ0) is 12.0. The number of nitrogens with zero attached hydrogens (tertiary/aromatic N) is 3. The molecule has 0 aliphatic carbocycles. The van der Waals surface area contributed by atoms with E-state index in [1.807, 2.05) is 17.5 Å². The van der Waals surface area contributed by atoms with Gasteiger partial charge in [0.05, 0.1) is 0 Å². The Morgan fingerprint density at radius 3 is 2.88 bits per heavy atom. The lowest BCUT2D eigenvalue weighted by molar-refractivity contribution is 1.10. The van der Waals surface area contributed by atoms with Crippen molar-refractivity contribution in [3.63, 3.8) is 0 Å². The molecule has 0 bridgehead atoms. The van der Waals surface area contributed by atoms with Gasteiger partial charge in [-0.1, -0.05) is 0 Å². The van der Waals surface area contributed by atoms with Crippen molar-refractivity contribution in [3.05, 3.63) is 27.9 Å². The molecule has 3 aromatic rings. The van der Waals surface area contributed by atoms with Gasteiger partial charge in [0.2, 0.25) is 11.9 Å². The van der Waals surface area contributed by atoms with Gasteiger partial charge in [0.15, 0.2) is 11.2 Å². The van der Waals surface area contributed by atoms with E-state index in [0.717, 1.165) is 5.00 Å². The average molecular weight is 248 g/mol. The summed E-state index contributed by atoms with van der Waals surface area (Å²) in [7, 11) is 0. The van der Waals surface area contributed by atoms with Crippen LogP contribution in [0.15, 0.2) is 22.3 Å². The van der Waals surface area contributed by atoms with Crippen molar-refractivity contribution >= 4 is 34.4 Å². The van der Waals surface area contributed by atoms with Crippen LogP contribution < -0.4 is 17.0 Å². The van der Waals surface area contributed by atoms with Crippen molar-refractivity contribution in [2.45, 2.75) is 0 Å². The summed E-state index contributed by atoms with van der Waals surface area (Å²) in [6.45, 7) is 0. The van der Waals surface area contributed by atoms with Crippen molar-refractivity contribution in [2.24, 2.45) is 0 Å². The SMILES string of the molecule is Nc1nc2c(nc(N)n2-c2cccs2)c(=O)[nH]1. The van der Waals surface area contributed by atoms with Crippen LogP contribution in [-0.2, 0) is 0 Å². The van der Waals surface area contributed by atoms with Gasteiger partial charge in [-0.15, -0.1) is 11.3 Å². The third-order valence-electron chi connectivity index (χ3n) is 2.29. The van der Waals surface area contributed by atoms with Crippen molar-refractivity contribution < 1.29 is 0 Å².